The van der Waals surface area contributed by atoms with E-state index in [1.165, 1.54) is 13.0 Å². The number of pyridine rings is 1. The predicted octanol–water partition coefficient (Wildman–Crippen LogP) is 2.59. The van der Waals surface area contributed by atoms with Gasteiger partial charge in [0.2, 0.25) is 0 Å². The highest BCUT2D eigenvalue weighted by atomic mass is 35.5. The van der Waals surface area contributed by atoms with Gasteiger partial charge >= 0.3 is 0 Å². The SMILES string of the molecule is CC(=O)c1ccc(Cl)nc1Cl. The molecule has 0 aliphatic heterocycles. The van der Waals surface area contributed by atoms with E-state index in [1.807, 2.05) is 0 Å². The lowest BCUT2D eigenvalue weighted by Crippen LogP contribution is -1.94. The third-order valence-electron chi connectivity index (χ3n) is 1.19. The summed E-state index contributed by atoms with van der Waals surface area (Å²) in [5.41, 5.74) is 0.399. The largest absolute Gasteiger partial charge is 0.294 e. The summed E-state index contributed by atoms with van der Waals surface area (Å²) >= 11 is 11.1. The molecule has 1 aromatic rings. The van der Waals surface area contributed by atoms with Crippen molar-refractivity contribution in [3.63, 3.8) is 0 Å². The molecule has 0 amide bonds. The normalized spacial score (nSPS) is 9.73. The van der Waals surface area contributed by atoms with Gasteiger partial charge in [0.05, 0.1) is 5.56 Å². The third kappa shape index (κ3) is 1.91. The van der Waals surface area contributed by atoms with Gasteiger partial charge in [-0.3, -0.25) is 4.79 Å². The van der Waals surface area contributed by atoms with E-state index in [9.17, 15) is 4.79 Å². The fraction of sp³-hybridized carbons (Fsp3) is 0.143. The molecule has 1 aromatic heterocycles. The minimum atomic E-state index is -0.112. The lowest BCUT2D eigenvalue weighted by Gasteiger charge is -1.97. The van der Waals surface area contributed by atoms with Crippen LogP contribution in [0.5, 0.6) is 0 Å². The van der Waals surface area contributed by atoms with E-state index >= 15 is 0 Å². The highest BCUT2D eigenvalue weighted by Crippen LogP contribution is 2.16. The number of carbonyl (C=O) groups is 1. The van der Waals surface area contributed by atoms with Crippen LogP contribution in [-0.2, 0) is 0 Å². The molecule has 0 fully saturated rings. The van der Waals surface area contributed by atoms with Crippen molar-refractivity contribution in [3.8, 4) is 0 Å². The van der Waals surface area contributed by atoms with E-state index in [0.29, 0.717) is 10.7 Å². The van der Waals surface area contributed by atoms with Crippen LogP contribution in [0.1, 0.15) is 17.3 Å². The van der Waals surface area contributed by atoms with Gasteiger partial charge in [0, 0.05) is 0 Å². The van der Waals surface area contributed by atoms with E-state index in [4.69, 9.17) is 23.2 Å². The topological polar surface area (TPSA) is 30.0 Å². The summed E-state index contributed by atoms with van der Waals surface area (Å²) in [6.07, 6.45) is 0. The molecular formula is C7H5Cl2NO. The molecule has 1 heterocycles. The van der Waals surface area contributed by atoms with Crippen LogP contribution in [0, 0.1) is 0 Å². The summed E-state index contributed by atoms with van der Waals surface area (Å²) in [5.74, 6) is -0.112. The van der Waals surface area contributed by atoms with Crippen LogP contribution in [0.25, 0.3) is 0 Å². The van der Waals surface area contributed by atoms with Gasteiger partial charge in [0.1, 0.15) is 10.3 Å². The van der Waals surface area contributed by atoms with E-state index in [2.05, 4.69) is 4.98 Å². The Bertz CT molecular complexity index is 298. The molecule has 4 heteroatoms. The minimum absolute atomic E-state index is 0.112. The van der Waals surface area contributed by atoms with Crippen LogP contribution in [0.3, 0.4) is 0 Å². The number of halogens is 2. The molecule has 0 aliphatic carbocycles. The van der Waals surface area contributed by atoms with Gasteiger partial charge in [-0.25, -0.2) is 4.98 Å². The van der Waals surface area contributed by atoms with Gasteiger partial charge < -0.3 is 0 Å². The van der Waals surface area contributed by atoms with Gasteiger partial charge in [-0.2, -0.15) is 0 Å². The molecule has 0 radical (unpaired) electrons. The molecule has 0 aromatic carbocycles. The summed E-state index contributed by atoms with van der Waals surface area (Å²) in [5, 5.41) is 0.449. The van der Waals surface area contributed by atoms with Crippen LogP contribution in [0.2, 0.25) is 10.3 Å². The number of hydrogen-bond donors (Lipinski definition) is 0. The van der Waals surface area contributed by atoms with Crippen LogP contribution >= 0.6 is 23.2 Å². The molecule has 0 spiro atoms. The fourth-order valence-electron chi connectivity index (χ4n) is 0.675. The van der Waals surface area contributed by atoms with Crippen molar-refractivity contribution < 1.29 is 4.79 Å². The summed E-state index contributed by atoms with van der Waals surface area (Å²) in [6, 6.07) is 3.09. The molecule has 0 N–H and O–H groups in total. The smallest absolute Gasteiger partial charge is 0.162 e. The summed E-state index contributed by atoms with van der Waals surface area (Å²) < 4.78 is 0. The first kappa shape index (κ1) is 8.50. The molecule has 0 unspecified atom stereocenters. The van der Waals surface area contributed by atoms with Gasteiger partial charge in [-0.1, -0.05) is 23.2 Å². The molecule has 0 bridgehead atoms. The lowest BCUT2D eigenvalue weighted by molar-refractivity contribution is 0.101. The first-order valence-electron chi connectivity index (χ1n) is 2.94. The molecule has 11 heavy (non-hydrogen) atoms. The maximum absolute atomic E-state index is 10.8. The molecule has 0 atom stereocenters. The second kappa shape index (κ2) is 3.20. The third-order valence-corrected chi connectivity index (χ3v) is 1.69. The van der Waals surface area contributed by atoms with Crippen LogP contribution < -0.4 is 0 Å². The number of aromatic nitrogens is 1. The van der Waals surface area contributed by atoms with Gasteiger partial charge in [0.15, 0.2) is 5.78 Å². The first-order chi connectivity index (χ1) is 5.11. The Labute approximate surface area is 74.1 Å². The Hall–Kier alpha value is -0.600. The summed E-state index contributed by atoms with van der Waals surface area (Å²) in [6.45, 7) is 1.43. The lowest BCUT2D eigenvalue weighted by atomic mass is 10.2. The summed E-state index contributed by atoms with van der Waals surface area (Å²) in [7, 11) is 0. The highest BCUT2D eigenvalue weighted by Gasteiger charge is 2.05. The Kier molecular flexibility index (Phi) is 2.47. The van der Waals surface area contributed by atoms with Crippen molar-refractivity contribution in [1.82, 2.24) is 4.98 Å². The zero-order valence-corrected chi connectivity index (χ0v) is 7.28. The molecule has 0 aliphatic rings. The van der Waals surface area contributed by atoms with Crippen molar-refractivity contribution in [2.24, 2.45) is 0 Å². The zero-order chi connectivity index (χ0) is 8.43. The van der Waals surface area contributed by atoms with E-state index in [1.54, 1.807) is 6.07 Å². The quantitative estimate of drug-likeness (QED) is 0.503. The second-order valence-corrected chi connectivity index (χ2v) is 2.77. The number of carbonyl (C=O) groups excluding carboxylic acids is 1. The maximum Gasteiger partial charge on any atom is 0.162 e. The number of rotatable bonds is 1. The van der Waals surface area contributed by atoms with Crippen LogP contribution in [0.15, 0.2) is 12.1 Å². The standard InChI is InChI=1S/C7H5Cl2NO/c1-4(11)5-2-3-6(8)10-7(5)9/h2-3H,1H3. The Morgan fingerprint density at radius 1 is 1.45 bits per heavy atom. The molecular weight excluding hydrogens is 185 g/mol. The van der Waals surface area contributed by atoms with Crippen molar-refractivity contribution in [2.75, 3.05) is 0 Å². The summed E-state index contributed by atoms with van der Waals surface area (Å²) in [4.78, 5) is 14.5. The van der Waals surface area contributed by atoms with Gasteiger partial charge in [-0.15, -0.1) is 0 Å². The van der Waals surface area contributed by atoms with Crippen LogP contribution in [0.4, 0.5) is 0 Å². The molecule has 0 saturated carbocycles. The Morgan fingerprint density at radius 2 is 2.09 bits per heavy atom. The Balaban J connectivity index is 3.20. The van der Waals surface area contributed by atoms with Crippen molar-refractivity contribution in [1.29, 1.82) is 0 Å². The van der Waals surface area contributed by atoms with Crippen molar-refractivity contribution in [2.45, 2.75) is 6.92 Å². The zero-order valence-electron chi connectivity index (χ0n) is 5.77. The second-order valence-electron chi connectivity index (χ2n) is 2.03. The van der Waals surface area contributed by atoms with Gasteiger partial charge in [0.25, 0.3) is 0 Å². The van der Waals surface area contributed by atoms with Crippen molar-refractivity contribution >= 4 is 29.0 Å². The van der Waals surface area contributed by atoms with Gasteiger partial charge in [-0.05, 0) is 19.1 Å². The molecule has 0 saturated heterocycles. The molecule has 2 nitrogen and oxygen atoms in total. The average Bonchev–Trinajstić information content (AvgIpc) is 1.85. The highest BCUT2D eigenvalue weighted by molar-refractivity contribution is 6.34. The Morgan fingerprint density at radius 3 is 2.55 bits per heavy atom. The number of hydrogen-bond acceptors (Lipinski definition) is 2. The fourth-order valence-corrected chi connectivity index (χ4v) is 1.15. The average molecular weight is 190 g/mol. The van der Waals surface area contributed by atoms with E-state index < -0.39 is 0 Å². The van der Waals surface area contributed by atoms with Crippen molar-refractivity contribution in [3.05, 3.63) is 28.0 Å². The van der Waals surface area contributed by atoms with E-state index in [-0.39, 0.29) is 10.9 Å². The number of ketones is 1. The number of Topliss-reactive ketones (excluding diaryl/α,β-unsaturated/α-hetero) is 1. The molecule has 1 rings (SSSR count). The number of nitrogens with zero attached hydrogens (tertiary/aromatic N) is 1. The van der Waals surface area contributed by atoms with E-state index in [0.717, 1.165) is 0 Å². The maximum atomic E-state index is 10.8. The predicted molar refractivity (Wildman–Crippen MR) is 44.3 cm³/mol. The minimum Gasteiger partial charge on any atom is -0.294 e. The monoisotopic (exact) mass is 189 g/mol. The van der Waals surface area contributed by atoms with Crippen LogP contribution in [-0.4, -0.2) is 10.8 Å². The molecule has 58 valence electrons. The first-order valence-corrected chi connectivity index (χ1v) is 3.70.